The molecule has 1 saturated heterocycles. The van der Waals surface area contributed by atoms with Gasteiger partial charge in [-0.15, -0.1) is 0 Å². The van der Waals surface area contributed by atoms with Gasteiger partial charge in [-0.25, -0.2) is 0 Å². The molecule has 0 aliphatic carbocycles. The van der Waals surface area contributed by atoms with E-state index in [2.05, 4.69) is 4.74 Å². The van der Waals surface area contributed by atoms with Crippen LogP contribution in [-0.4, -0.2) is 54.7 Å². The van der Waals surface area contributed by atoms with Gasteiger partial charge in [-0.2, -0.15) is 0 Å². The fourth-order valence-corrected chi connectivity index (χ4v) is 0.851. The molecule has 1 rings (SSSR count). The number of hydrogen-bond acceptors (Lipinski definition) is 4. The predicted octanol–water partition coefficient (Wildman–Crippen LogP) is -0.380. The number of rotatable bonds is 2. The predicted molar refractivity (Wildman–Crippen MR) is 39.2 cm³/mol. The van der Waals surface area contributed by atoms with Gasteiger partial charge in [0.2, 0.25) is 0 Å². The maximum absolute atomic E-state index is 9.89. The third kappa shape index (κ3) is 3.09. The molecule has 2 unspecified atom stereocenters. The van der Waals surface area contributed by atoms with Gasteiger partial charge in [0.15, 0.2) is 0 Å². The molecule has 1 aliphatic rings. The molecule has 4 nitrogen and oxygen atoms in total. The molecular formula is C6H11NaO4. The van der Waals surface area contributed by atoms with Crippen molar-refractivity contribution in [3.63, 3.8) is 0 Å². The van der Waals surface area contributed by atoms with Gasteiger partial charge in [-0.05, 0) is 6.92 Å². The summed E-state index contributed by atoms with van der Waals surface area (Å²) < 4.78 is 14.7. The molecule has 0 aromatic carbocycles. The van der Waals surface area contributed by atoms with Crippen LogP contribution >= 0.6 is 0 Å². The average Bonchev–Trinajstić information content (AvgIpc) is 2.12. The van der Waals surface area contributed by atoms with Gasteiger partial charge in [0.05, 0.1) is 12.7 Å². The summed E-state index contributed by atoms with van der Waals surface area (Å²) >= 11 is 0. The van der Waals surface area contributed by atoms with Crippen LogP contribution in [0.3, 0.4) is 0 Å². The molecule has 11 heavy (non-hydrogen) atoms. The maximum atomic E-state index is 9.89. The van der Waals surface area contributed by atoms with Crippen LogP contribution in [0.15, 0.2) is 0 Å². The number of carbonyl (C=O) groups is 1. The molecule has 1 fully saturated rings. The number of ether oxygens (including phenoxy) is 3. The van der Waals surface area contributed by atoms with Crippen LogP contribution in [0.5, 0.6) is 0 Å². The first kappa shape index (κ1) is 11.4. The molecular weight excluding hydrogens is 159 g/mol. The van der Waals surface area contributed by atoms with Crippen LogP contribution in [0.25, 0.3) is 0 Å². The topological polar surface area (TPSA) is 44.8 Å². The molecule has 0 aromatic heterocycles. The molecule has 2 atom stereocenters. The summed E-state index contributed by atoms with van der Waals surface area (Å²) in [5, 5.41) is 0. The van der Waals surface area contributed by atoms with Crippen molar-refractivity contribution in [2.75, 3.05) is 6.61 Å². The zero-order valence-corrected chi connectivity index (χ0v) is 5.99. The van der Waals surface area contributed by atoms with E-state index in [4.69, 9.17) is 9.47 Å². The van der Waals surface area contributed by atoms with Crippen molar-refractivity contribution < 1.29 is 19.0 Å². The van der Waals surface area contributed by atoms with Gasteiger partial charge < -0.3 is 14.2 Å². The number of carbonyl (C=O) groups excluding carboxylic acids is 1. The minimum absolute atomic E-state index is 0. The Bertz CT molecular complexity index is 141. The SMILES string of the molecule is CC1COC(C)(OC=O)O1.[NaH]. The summed E-state index contributed by atoms with van der Waals surface area (Å²) in [5.74, 6) is -1.15. The Labute approximate surface area is 87.5 Å². The Balaban J connectivity index is 0.000001000. The fraction of sp³-hybridized carbons (Fsp3) is 0.833. The van der Waals surface area contributed by atoms with E-state index in [1.54, 1.807) is 6.92 Å². The Morgan fingerprint density at radius 1 is 1.73 bits per heavy atom. The van der Waals surface area contributed by atoms with Gasteiger partial charge in [0.25, 0.3) is 6.47 Å². The molecule has 0 aromatic rings. The number of hydrogen-bond donors (Lipinski definition) is 0. The van der Waals surface area contributed by atoms with E-state index >= 15 is 0 Å². The zero-order valence-electron chi connectivity index (χ0n) is 5.99. The molecule has 0 spiro atoms. The van der Waals surface area contributed by atoms with Crippen LogP contribution in [0.1, 0.15) is 13.8 Å². The van der Waals surface area contributed by atoms with Crippen LogP contribution < -0.4 is 0 Å². The summed E-state index contributed by atoms with van der Waals surface area (Å²) in [6.07, 6.45) is -0.00931. The van der Waals surface area contributed by atoms with E-state index in [1.807, 2.05) is 6.92 Å². The van der Waals surface area contributed by atoms with E-state index in [9.17, 15) is 4.79 Å². The Morgan fingerprint density at radius 3 is 2.73 bits per heavy atom. The van der Waals surface area contributed by atoms with Crippen LogP contribution in [0.2, 0.25) is 0 Å². The summed E-state index contributed by atoms with van der Waals surface area (Å²) in [6, 6.07) is 0. The molecule has 60 valence electrons. The molecule has 0 N–H and O–H groups in total. The molecule has 5 heteroatoms. The first-order valence-electron chi connectivity index (χ1n) is 3.09. The van der Waals surface area contributed by atoms with Gasteiger partial charge in [-0.3, -0.25) is 4.79 Å². The van der Waals surface area contributed by atoms with Crippen LogP contribution in [0.4, 0.5) is 0 Å². The third-order valence-corrected chi connectivity index (χ3v) is 1.26. The van der Waals surface area contributed by atoms with Gasteiger partial charge >= 0.3 is 35.5 Å². The third-order valence-electron chi connectivity index (χ3n) is 1.26. The summed E-state index contributed by atoms with van der Waals surface area (Å²) in [5.41, 5.74) is 0. The second-order valence-corrected chi connectivity index (χ2v) is 2.32. The van der Waals surface area contributed by atoms with E-state index in [0.717, 1.165) is 0 Å². The van der Waals surface area contributed by atoms with E-state index in [-0.39, 0.29) is 35.7 Å². The standard InChI is InChI=1S/C6H10O4.Na.H/c1-5-3-8-6(2,10-5)9-4-7;;/h4-5H,3H2,1-2H3;;. The monoisotopic (exact) mass is 170 g/mol. The normalized spacial score (nSPS) is 36.0. The first-order chi connectivity index (χ1) is 4.66. The Kier molecular flexibility index (Phi) is 4.58. The molecule has 0 amide bonds. The molecule has 0 saturated carbocycles. The van der Waals surface area contributed by atoms with Crippen molar-refractivity contribution in [2.24, 2.45) is 0 Å². The van der Waals surface area contributed by atoms with Gasteiger partial charge in [-0.1, -0.05) is 0 Å². The van der Waals surface area contributed by atoms with Crippen molar-refractivity contribution in [3.05, 3.63) is 0 Å². The molecule has 0 radical (unpaired) electrons. The fourth-order valence-electron chi connectivity index (χ4n) is 0.851. The van der Waals surface area contributed by atoms with Crippen molar-refractivity contribution >= 4 is 36.0 Å². The van der Waals surface area contributed by atoms with Crippen LogP contribution in [0, 0.1) is 0 Å². The second-order valence-electron chi connectivity index (χ2n) is 2.32. The Morgan fingerprint density at radius 2 is 2.36 bits per heavy atom. The van der Waals surface area contributed by atoms with Gasteiger partial charge in [0, 0.05) is 6.92 Å². The molecule has 0 bridgehead atoms. The van der Waals surface area contributed by atoms with E-state index in [0.29, 0.717) is 13.1 Å². The van der Waals surface area contributed by atoms with Crippen molar-refractivity contribution in [1.82, 2.24) is 0 Å². The van der Waals surface area contributed by atoms with Gasteiger partial charge in [0.1, 0.15) is 0 Å². The van der Waals surface area contributed by atoms with E-state index < -0.39 is 5.97 Å². The quantitative estimate of drug-likeness (QED) is 0.418. The summed E-state index contributed by atoms with van der Waals surface area (Å²) in [4.78, 5) is 9.89. The molecule has 1 heterocycles. The second kappa shape index (κ2) is 4.42. The van der Waals surface area contributed by atoms with Crippen molar-refractivity contribution in [1.29, 1.82) is 0 Å². The van der Waals surface area contributed by atoms with Crippen molar-refractivity contribution in [2.45, 2.75) is 25.9 Å². The van der Waals surface area contributed by atoms with Crippen LogP contribution in [-0.2, 0) is 19.0 Å². The molecule has 1 aliphatic heterocycles. The van der Waals surface area contributed by atoms with Crippen molar-refractivity contribution in [3.8, 4) is 0 Å². The minimum atomic E-state index is -1.15. The zero-order chi connectivity index (χ0) is 7.61. The first-order valence-corrected chi connectivity index (χ1v) is 3.09. The van der Waals surface area contributed by atoms with E-state index in [1.165, 1.54) is 0 Å². The summed E-state index contributed by atoms with van der Waals surface area (Å²) in [6.45, 7) is 4.19. The average molecular weight is 170 g/mol. The Hall–Kier alpha value is 0.390. The summed E-state index contributed by atoms with van der Waals surface area (Å²) in [7, 11) is 0.